The summed E-state index contributed by atoms with van der Waals surface area (Å²) in [6, 6.07) is 8.41. The molecule has 110 valence electrons. The fourth-order valence-electron chi connectivity index (χ4n) is 2.60. The highest BCUT2D eigenvalue weighted by Gasteiger charge is 2.19. The first-order valence-corrected chi connectivity index (χ1v) is 7.66. The van der Waals surface area contributed by atoms with Gasteiger partial charge in [-0.05, 0) is 49.4 Å². The molecule has 1 aromatic carbocycles. The van der Waals surface area contributed by atoms with Gasteiger partial charge in [-0.3, -0.25) is 0 Å². The van der Waals surface area contributed by atoms with E-state index in [1.807, 2.05) is 13.0 Å². The Kier molecular flexibility index (Phi) is 4.20. The van der Waals surface area contributed by atoms with Crippen LogP contribution in [-0.4, -0.2) is 28.0 Å². The van der Waals surface area contributed by atoms with Crippen molar-refractivity contribution in [2.75, 3.05) is 23.3 Å². The largest absolute Gasteiger partial charge is 0.354 e. The average molecular weight is 304 g/mol. The number of nitrogens with one attached hydrogen (secondary N) is 1. The van der Waals surface area contributed by atoms with Crippen molar-refractivity contribution in [3.05, 3.63) is 35.1 Å². The average Bonchev–Trinajstić information content (AvgIpc) is 2.69. The van der Waals surface area contributed by atoms with Crippen LogP contribution >= 0.6 is 11.6 Å². The number of benzene rings is 1. The van der Waals surface area contributed by atoms with Gasteiger partial charge in [0, 0.05) is 18.8 Å². The molecule has 1 aromatic heterocycles. The standard InChI is InChI=1S/C15H18ClN5/c1-2-17-14-18-13(16)19-15(20-14)21-10-6-5-8-11-7-3-4-9-12(11)21/h3-4,7,9H,2,5-6,8,10H2,1H3,(H,17,18,19,20). The van der Waals surface area contributed by atoms with E-state index in [4.69, 9.17) is 11.6 Å². The monoisotopic (exact) mass is 303 g/mol. The van der Waals surface area contributed by atoms with E-state index in [-0.39, 0.29) is 5.28 Å². The van der Waals surface area contributed by atoms with Crippen LogP contribution in [0, 0.1) is 0 Å². The van der Waals surface area contributed by atoms with Gasteiger partial charge in [0.25, 0.3) is 0 Å². The van der Waals surface area contributed by atoms with Crippen molar-refractivity contribution in [3.8, 4) is 0 Å². The fraction of sp³-hybridized carbons (Fsp3) is 0.400. The molecule has 0 bridgehead atoms. The molecule has 0 radical (unpaired) electrons. The quantitative estimate of drug-likeness (QED) is 0.941. The van der Waals surface area contributed by atoms with E-state index in [9.17, 15) is 0 Å². The van der Waals surface area contributed by atoms with Gasteiger partial charge in [-0.25, -0.2) is 0 Å². The Balaban J connectivity index is 2.03. The van der Waals surface area contributed by atoms with Crippen molar-refractivity contribution < 1.29 is 0 Å². The van der Waals surface area contributed by atoms with Gasteiger partial charge in [-0.1, -0.05) is 18.2 Å². The SMILES string of the molecule is CCNc1nc(Cl)nc(N2CCCCc3ccccc32)n1. The Bertz CT molecular complexity index is 631. The lowest BCUT2D eigenvalue weighted by molar-refractivity contribution is 0.751. The van der Waals surface area contributed by atoms with Gasteiger partial charge < -0.3 is 10.2 Å². The summed E-state index contributed by atoms with van der Waals surface area (Å²) < 4.78 is 0. The molecule has 6 heteroatoms. The van der Waals surface area contributed by atoms with Gasteiger partial charge >= 0.3 is 0 Å². The molecule has 1 aliphatic heterocycles. The van der Waals surface area contributed by atoms with Crippen molar-refractivity contribution >= 4 is 29.2 Å². The van der Waals surface area contributed by atoms with Crippen LogP contribution in [0.15, 0.2) is 24.3 Å². The first-order chi connectivity index (χ1) is 10.3. The van der Waals surface area contributed by atoms with E-state index in [1.165, 1.54) is 17.7 Å². The lowest BCUT2D eigenvalue weighted by atomic mass is 10.1. The van der Waals surface area contributed by atoms with E-state index in [0.29, 0.717) is 11.9 Å². The minimum Gasteiger partial charge on any atom is -0.354 e. The molecule has 5 nitrogen and oxygen atoms in total. The van der Waals surface area contributed by atoms with Crippen molar-refractivity contribution in [2.45, 2.75) is 26.2 Å². The van der Waals surface area contributed by atoms with Crippen molar-refractivity contribution in [3.63, 3.8) is 0 Å². The molecule has 0 saturated carbocycles. The number of hydrogen-bond acceptors (Lipinski definition) is 5. The molecule has 0 saturated heterocycles. The maximum atomic E-state index is 6.04. The molecule has 2 heterocycles. The molecule has 0 atom stereocenters. The highest BCUT2D eigenvalue weighted by Crippen LogP contribution is 2.31. The molecule has 0 spiro atoms. The number of hydrogen-bond donors (Lipinski definition) is 1. The van der Waals surface area contributed by atoms with E-state index in [1.54, 1.807) is 0 Å². The molecule has 2 aromatic rings. The molecule has 0 unspecified atom stereocenters. The third-order valence-electron chi connectivity index (χ3n) is 3.53. The van der Waals surface area contributed by atoms with Crippen molar-refractivity contribution in [1.82, 2.24) is 15.0 Å². The zero-order valence-corrected chi connectivity index (χ0v) is 12.8. The second-order valence-corrected chi connectivity index (χ2v) is 5.33. The normalized spacial score (nSPS) is 14.5. The summed E-state index contributed by atoms with van der Waals surface area (Å²) in [6.07, 6.45) is 3.37. The first kappa shape index (κ1) is 14.1. The third-order valence-corrected chi connectivity index (χ3v) is 3.70. The first-order valence-electron chi connectivity index (χ1n) is 7.29. The number of fused-ring (bicyclic) bond motifs is 1. The summed E-state index contributed by atoms with van der Waals surface area (Å²) in [5.74, 6) is 1.13. The van der Waals surface area contributed by atoms with Crippen LogP contribution in [0.2, 0.25) is 5.28 Å². The Morgan fingerprint density at radius 2 is 2.05 bits per heavy atom. The van der Waals surface area contributed by atoms with E-state index < -0.39 is 0 Å². The number of aryl methyl sites for hydroxylation is 1. The molecular weight excluding hydrogens is 286 g/mol. The Morgan fingerprint density at radius 1 is 1.19 bits per heavy atom. The molecule has 3 rings (SSSR count). The highest BCUT2D eigenvalue weighted by atomic mass is 35.5. The molecule has 21 heavy (non-hydrogen) atoms. The summed E-state index contributed by atoms with van der Waals surface area (Å²) in [5.41, 5.74) is 2.50. The predicted octanol–water partition coefficient (Wildman–Crippen LogP) is 3.43. The Hall–Kier alpha value is -1.88. The summed E-state index contributed by atoms with van der Waals surface area (Å²) in [7, 11) is 0. The van der Waals surface area contributed by atoms with Gasteiger partial charge in [-0.2, -0.15) is 15.0 Å². The number of para-hydroxylation sites is 1. The summed E-state index contributed by atoms with van der Waals surface area (Å²) in [4.78, 5) is 15.0. The smallest absolute Gasteiger partial charge is 0.236 e. The van der Waals surface area contributed by atoms with Crippen molar-refractivity contribution in [2.24, 2.45) is 0 Å². The van der Waals surface area contributed by atoms with Crippen LogP contribution in [-0.2, 0) is 6.42 Å². The van der Waals surface area contributed by atoms with Gasteiger partial charge in [0.15, 0.2) is 0 Å². The molecule has 1 N–H and O–H groups in total. The van der Waals surface area contributed by atoms with Gasteiger partial charge in [0.1, 0.15) is 0 Å². The number of anilines is 3. The maximum Gasteiger partial charge on any atom is 0.236 e. The van der Waals surface area contributed by atoms with Gasteiger partial charge in [0.2, 0.25) is 17.2 Å². The predicted molar refractivity (Wildman–Crippen MR) is 85.4 cm³/mol. The summed E-state index contributed by atoms with van der Waals surface area (Å²) in [5, 5.41) is 3.31. The van der Waals surface area contributed by atoms with Crippen molar-refractivity contribution in [1.29, 1.82) is 0 Å². The fourth-order valence-corrected chi connectivity index (χ4v) is 2.75. The van der Waals surface area contributed by atoms with Crippen LogP contribution in [0.5, 0.6) is 0 Å². The highest BCUT2D eigenvalue weighted by molar-refractivity contribution is 6.28. The third kappa shape index (κ3) is 3.08. The number of nitrogens with zero attached hydrogens (tertiary/aromatic N) is 4. The molecule has 0 aliphatic carbocycles. The zero-order chi connectivity index (χ0) is 14.7. The molecule has 0 amide bonds. The van der Waals surface area contributed by atoms with Gasteiger partial charge in [-0.15, -0.1) is 0 Å². The van der Waals surface area contributed by atoms with E-state index in [2.05, 4.69) is 43.4 Å². The summed E-state index contributed by atoms with van der Waals surface area (Å²) >= 11 is 6.04. The lowest BCUT2D eigenvalue weighted by Crippen LogP contribution is -2.21. The summed E-state index contributed by atoms with van der Waals surface area (Å²) in [6.45, 7) is 3.64. The number of halogens is 1. The van der Waals surface area contributed by atoms with E-state index >= 15 is 0 Å². The minimum absolute atomic E-state index is 0.220. The van der Waals surface area contributed by atoms with Gasteiger partial charge in [0.05, 0.1) is 0 Å². The molecule has 1 aliphatic rings. The second kappa shape index (κ2) is 6.26. The zero-order valence-electron chi connectivity index (χ0n) is 12.0. The van der Waals surface area contributed by atoms with Crippen LogP contribution in [0.1, 0.15) is 25.3 Å². The second-order valence-electron chi connectivity index (χ2n) is 5.00. The Morgan fingerprint density at radius 3 is 2.90 bits per heavy atom. The van der Waals surface area contributed by atoms with E-state index in [0.717, 1.165) is 25.9 Å². The number of aromatic nitrogens is 3. The molecule has 0 fully saturated rings. The van der Waals surface area contributed by atoms with Crippen LogP contribution in [0.25, 0.3) is 0 Å². The van der Waals surface area contributed by atoms with Crippen LogP contribution < -0.4 is 10.2 Å². The van der Waals surface area contributed by atoms with Crippen LogP contribution in [0.3, 0.4) is 0 Å². The van der Waals surface area contributed by atoms with Crippen LogP contribution in [0.4, 0.5) is 17.6 Å². The maximum absolute atomic E-state index is 6.04. The minimum atomic E-state index is 0.220. The topological polar surface area (TPSA) is 53.9 Å². The lowest BCUT2D eigenvalue weighted by Gasteiger charge is -2.23. The Labute approximate surface area is 129 Å². The number of rotatable bonds is 3. The molecular formula is C15H18ClN5.